The van der Waals surface area contributed by atoms with Crippen LogP contribution in [0.5, 0.6) is 0 Å². The number of rotatable bonds is 5. The van der Waals surface area contributed by atoms with Gasteiger partial charge >= 0.3 is 6.18 Å². The van der Waals surface area contributed by atoms with Crippen molar-refractivity contribution in [2.45, 2.75) is 11.1 Å². The van der Waals surface area contributed by atoms with Gasteiger partial charge < -0.3 is 9.90 Å². The molecular weight excluding hydrogens is 337 g/mol. The molecule has 0 saturated carbocycles. The van der Waals surface area contributed by atoms with E-state index < -0.39 is 60.4 Å². The molecule has 0 aliphatic heterocycles. The quantitative estimate of drug-likeness (QED) is 0.556. The molecular formula is C9H4F3N2O7S-. The number of aliphatic carboxylic acids is 1. The van der Waals surface area contributed by atoms with Crippen molar-refractivity contribution in [1.29, 1.82) is 0 Å². The van der Waals surface area contributed by atoms with Crippen molar-refractivity contribution in [3.05, 3.63) is 37.9 Å². The zero-order valence-corrected chi connectivity index (χ0v) is 11.0. The summed E-state index contributed by atoms with van der Waals surface area (Å²) in [6.45, 7) is 0. The fourth-order valence-electron chi connectivity index (χ4n) is 1.45. The van der Waals surface area contributed by atoms with Gasteiger partial charge in [0.15, 0.2) is 4.90 Å². The summed E-state index contributed by atoms with van der Waals surface area (Å²) in [6.07, 6.45) is -5.12. The van der Waals surface area contributed by atoms with Gasteiger partial charge in [0, 0.05) is 12.1 Å². The number of alkyl halides is 3. The molecule has 0 radical (unpaired) electrons. The lowest BCUT2D eigenvalue weighted by Crippen LogP contribution is -2.28. The fraction of sp³-hybridized carbons (Fsp3) is 0.222. The molecule has 1 atom stereocenters. The minimum absolute atomic E-state index is 0.0461. The molecule has 0 unspecified atom stereocenters. The topological polar surface area (TPSA) is 143 Å². The Hall–Kier alpha value is -2.57. The number of benzene rings is 1. The molecule has 0 amide bonds. The number of hydrogen-bond donors (Lipinski definition) is 0. The van der Waals surface area contributed by atoms with Gasteiger partial charge in [-0.15, -0.1) is 0 Å². The van der Waals surface area contributed by atoms with Crippen molar-refractivity contribution in [3.63, 3.8) is 0 Å². The van der Waals surface area contributed by atoms with Gasteiger partial charge in [0.25, 0.3) is 11.4 Å². The lowest BCUT2D eigenvalue weighted by molar-refractivity contribution is -0.400. The molecule has 0 fully saturated rings. The van der Waals surface area contributed by atoms with Crippen molar-refractivity contribution in [2.24, 2.45) is 0 Å². The Kier molecular flexibility index (Phi) is 4.80. The fourth-order valence-corrected chi connectivity index (χ4v) is 2.54. The number of carbonyl (C=O) groups excluding carboxylic acids is 1. The zero-order chi connectivity index (χ0) is 17.2. The molecule has 0 heterocycles. The van der Waals surface area contributed by atoms with Crippen LogP contribution in [0.2, 0.25) is 0 Å². The summed E-state index contributed by atoms with van der Waals surface area (Å²) in [4.78, 5) is 27.9. The van der Waals surface area contributed by atoms with Gasteiger partial charge in [-0.1, -0.05) is 0 Å². The highest BCUT2D eigenvalue weighted by atomic mass is 32.2. The molecule has 13 heteroatoms. The van der Waals surface area contributed by atoms with Gasteiger partial charge in [-0.25, -0.2) is 0 Å². The third kappa shape index (κ3) is 3.75. The molecule has 1 aromatic rings. The number of hydrogen-bond acceptors (Lipinski definition) is 7. The highest BCUT2D eigenvalue weighted by Gasteiger charge is 2.39. The van der Waals surface area contributed by atoms with Crippen LogP contribution >= 0.6 is 0 Å². The van der Waals surface area contributed by atoms with E-state index in [2.05, 4.69) is 0 Å². The maximum atomic E-state index is 12.6. The van der Waals surface area contributed by atoms with Gasteiger partial charge in [0.05, 0.1) is 37.9 Å². The molecule has 0 N–H and O–H groups in total. The van der Waals surface area contributed by atoms with Crippen LogP contribution in [0.3, 0.4) is 0 Å². The van der Waals surface area contributed by atoms with E-state index in [0.29, 0.717) is 0 Å². The van der Waals surface area contributed by atoms with Crippen LogP contribution in [0.4, 0.5) is 24.5 Å². The Bertz CT molecular complexity index is 653. The van der Waals surface area contributed by atoms with E-state index in [4.69, 9.17) is 0 Å². The van der Waals surface area contributed by atoms with E-state index in [1.54, 1.807) is 0 Å². The van der Waals surface area contributed by atoms with Gasteiger partial charge in [-0.05, 0) is 0 Å². The standard InChI is InChI=1S/C9H5F3N2O7S/c10-9(11,12)4-1-5(13(17)18)8(6(2-4)14(19)20)22(21)3-7(15)16/h1-2H,3H2,(H,15,16)/p-1/t22-/m1/s1. The maximum Gasteiger partial charge on any atom is 0.416 e. The van der Waals surface area contributed by atoms with Crippen LogP contribution in [0.1, 0.15) is 5.56 Å². The van der Waals surface area contributed by atoms with Crippen LogP contribution in [-0.2, 0) is 21.8 Å². The largest absolute Gasteiger partial charge is 0.549 e. The summed E-state index contributed by atoms with van der Waals surface area (Å²) < 4.78 is 49.4. The molecule has 0 bridgehead atoms. The second-order valence-corrected chi connectivity index (χ2v) is 5.11. The summed E-state index contributed by atoms with van der Waals surface area (Å²) in [6, 6.07) is -0.0922. The highest BCUT2D eigenvalue weighted by Crippen LogP contribution is 2.39. The van der Waals surface area contributed by atoms with Crippen LogP contribution < -0.4 is 5.11 Å². The Morgan fingerprint density at radius 1 is 1.14 bits per heavy atom. The Morgan fingerprint density at radius 2 is 1.55 bits per heavy atom. The van der Waals surface area contributed by atoms with Crippen LogP contribution in [0.25, 0.3) is 0 Å². The zero-order valence-electron chi connectivity index (χ0n) is 10.2. The molecule has 1 aromatic carbocycles. The van der Waals surface area contributed by atoms with Crippen molar-refractivity contribution >= 4 is 28.1 Å². The van der Waals surface area contributed by atoms with Crippen molar-refractivity contribution < 1.29 is 37.1 Å². The molecule has 0 aromatic heterocycles. The number of nitrogens with zero attached hydrogens (tertiary/aromatic N) is 2. The summed E-state index contributed by atoms with van der Waals surface area (Å²) in [5, 5.41) is 31.9. The van der Waals surface area contributed by atoms with Crippen LogP contribution in [-0.4, -0.2) is 25.8 Å². The monoisotopic (exact) mass is 341 g/mol. The first-order valence-electron chi connectivity index (χ1n) is 5.07. The number of nitro groups is 2. The van der Waals surface area contributed by atoms with Crippen molar-refractivity contribution in [1.82, 2.24) is 0 Å². The first-order chi connectivity index (χ1) is 9.95. The van der Waals surface area contributed by atoms with E-state index in [1.165, 1.54) is 0 Å². The number of carboxylic acid groups (broad SMARTS) is 1. The summed E-state index contributed by atoms with van der Waals surface area (Å²) >= 11 is 0. The summed E-state index contributed by atoms with van der Waals surface area (Å²) in [5.41, 5.74) is -4.61. The Morgan fingerprint density at radius 3 is 1.82 bits per heavy atom. The molecule has 0 spiro atoms. The SMILES string of the molecule is O=C([O-])C[S@@](=O)c1c([N+](=O)[O-])cc(C(F)(F)F)cc1[N+](=O)[O-]. The van der Waals surface area contributed by atoms with E-state index in [0.717, 1.165) is 0 Å². The highest BCUT2D eigenvalue weighted by molar-refractivity contribution is 7.86. The van der Waals surface area contributed by atoms with Gasteiger partial charge in [0.2, 0.25) is 0 Å². The maximum absolute atomic E-state index is 12.6. The van der Waals surface area contributed by atoms with E-state index >= 15 is 0 Å². The molecule has 0 aliphatic rings. The van der Waals surface area contributed by atoms with Gasteiger partial charge in [-0.2, -0.15) is 13.2 Å². The van der Waals surface area contributed by atoms with E-state index in [-0.39, 0.29) is 12.1 Å². The minimum Gasteiger partial charge on any atom is -0.549 e. The smallest absolute Gasteiger partial charge is 0.416 e. The first-order valence-corrected chi connectivity index (χ1v) is 6.39. The van der Waals surface area contributed by atoms with Gasteiger partial charge in [-0.3, -0.25) is 24.4 Å². The number of carboxylic acids is 1. The van der Waals surface area contributed by atoms with Crippen molar-refractivity contribution in [3.8, 4) is 0 Å². The molecule has 1 rings (SSSR count). The molecule has 0 saturated heterocycles. The first kappa shape index (κ1) is 17.5. The normalized spacial score (nSPS) is 12.7. The third-order valence-electron chi connectivity index (χ3n) is 2.25. The lowest BCUT2D eigenvalue weighted by Gasteiger charge is -2.10. The number of carbonyl (C=O) groups is 1. The second-order valence-electron chi connectivity index (χ2n) is 3.72. The number of nitro benzene ring substituents is 2. The van der Waals surface area contributed by atoms with Crippen LogP contribution in [0, 0.1) is 20.2 Å². The summed E-state index contributed by atoms with van der Waals surface area (Å²) in [7, 11) is -2.83. The second kappa shape index (κ2) is 6.05. The lowest BCUT2D eigenvalue weighted by atomic mass is 10.1. The predicted molar refractivity (Wildman–Crippen MR) is 61.0 cm³/mol. The minimum atomic E-state index is -5.12. The average molecular weight is 341 g/mol. The van der Waals surface area contributed by atoms with Crippen LogP contribution in [0.15, 0.2) is 17.0 Å². The third-order valence-corrected chi connectivity index (χ3v) is 3.62. The molecule has 120 valence electrons. The molecule has 0 aliphatic carbocycles. The molecule has 9 nitrogen and oxygen atoms in total. The number of halogens is 3. The van der Waals surface area contributed by atoms with E-state index in [1.807, 2.05) is 0 Å². The van der Waals surface area contributed by atoms with Gasteiger partial charge in [0.1, 0.15) is 0 Å². The average Bonchev–Trinajstić information content (AvgIpc) is 2.34. The Balaban J connectivity index is 3.72. The van der Waals surface area contributed by atoms with Crippen molar-refractivity contribution in [2.75, 3.05) is 5.75 Å². The Labute approximate surface area is 121 Å². The summed E-state index contributed by atoms with van der Waals surface area (Å²) in [5.74, 6) is -3.28. The molecule has 22 heavy (non-hydrogen) atoms. The predicted octanol–water partition coefficient (Wildman–Crippen LogP) is 0.379. The van der Waals surface area contributed by atoms with E-state index in [9.17, 15) is 47.5 Å².